The molecule has 0 bridgehead atoms. The van der Waals surface area contributed by atoms with Gasteiger partial charge in [0.25, 0.3) is 0 Å². The molecule has 1 aromatic rings. The van der Waals surface area contributed by atoms with E-state index in [1.807, 2.05) is 0 Å². The normalized spacial score (nSPS) is 12.0. The number of esters is 2. The Balaban J connectivity index is 2.47. The molecule has 1 rings (SSSR count). The second-order valence-corrected chi connectivity index (χ2v) is 8.22. The van der Waals surface area contributed by atoms with Crippen LogP contribution in [-0.4, -0.2) is 18.5 Å². The van der Waals surface area contributed by atoms with E-state index in [-0.39, 0.29) is 56.1 Å². The Morgan fingerprint density at radius 2 is 1.36 bits per heavy atom. The summed E-state index contributed by atoms with van der Waals surface area (Å²) in [6, 6.07) is 0. The van der Waals surface area contributed by atoms with Gasteiger partial charge < -0.3 is 9.47 Å². The van der Waals surface area contributed by atoms with Crippen LogP contribution in [0.2, 0.25) is 25.1 Å². The number of carbonyl (C=O) groups excluding carboxylic acids is 2. The third-order valence-corrected chi connectivity index (χ3v) is 6.41. The number of carbonyl (C=O) groups is 2. The molecule has 0 heterocycles. The van der Waals surface area contributed by atoms with E-state index >= 15 is 0 Å². The molecule has 0 aromatic heterocycles. The summed E-state index contributed by atoms with van der Waals surface area (Å²) in [5, 5.41) is -0.349. The van der Waals surface area contributed by atoms with Crippen LogP contribution in [0.1, 0.15) is 58.8 Å². The van der Waals surface area contributed by atoms with Crippen LogP contribution in [-0.2, 0) is 14.3 Å². The van der Waals surface area contributed by atoms with Crippen molar-refractivity contribution in [2.24, 2.45) is 5.92 Å². The highest BCUT2D eigenvalue weighted by atomic mass is 35.5. The monoisotopic (exact) mass is 490 g/mol. The smallest absolute Gasteiger partial charge is 0.311 e. The van der Waals surface area contributed by atoms with E-state index in [0.29, 0.717) is 12.5 Å². The lowest BCUT2D eigenvalue weighted by Gasteiger charge is -2.14. The Labute approximate surface area is 190 Å². The van der Waals surface area contributed by atoms with Gasteiger partial charge in [0.2, 0.25) is 0 Å². The summed E-state index contributed by atoms with van der Waals surface area (Å²) in [5.74, 6) is -0.744. The molecule has 0 aliphatic carbocycles. The van der Waals surface area contributed by atoms with Gasteiger partial charge in [-0.15, -0.1) is 0 Å². The minimum absolute atomic E-state index is 0.0212. The first-order chi connectivity index (χ1) is 13.2. The summed E-state index contributed by atoms with van der Waals surface area (Å²) >= 11 is 29.8. The number of hydrogen-bond acceptors (Lipinski definition) is 4. The molecule has 0 N–H and O–H groups in total. The van der Waals surface area contributed by atoms with Crippen molar-refractivity contribution in [3.05, 3.63) is 25.1 Å². The first-order valence-electron chi connectivity index (χ1n) is 9.10. The Morgan fingerprint density at radius 1 is 0.821 bits per heavy atom. The van der Waals surface area contributed by atoms with Gasteiger partial charge >= 0.3 is 11.9 Å². The van der Waals surface area contributed by atoms with E-state index < -0.39 is 5.97 Å². The highest BCUT2D eigenvalue weighted by molar-refractivity contribution is 6.55. The lowest BCUT2D eigenvalue weighted by atomic mass is 10.0. The van der Waals surface area contributed by atoms with Crippen LogP contribution in [0, 0.1) is 5.92 Å². The molecule has 28 heavy (non-hydrogen) atoms. The highest BCUT2D eigenvalue weighted by Crippen LogP contribution is 2.48. The van der Waals surface area contributed by atoms with Crippen LogP contribution < -0.4 is 4.74 Å². The minimum atomic E-state index is -0.625. The molecule has 0 saturated carbocycles. The number of hydrogen-bond donors (Lipinski definition) is 0. The van der Waals surface area contributed by atoms with E-state index in [1.54, 1.807) is 0 Å². The van der Waals surface area contributed by atoms with Gasteiger partial charge in [-0.3, -0.25) is 9.59 Å². The molecule has 4 nitrogen and oxygen atoms in total. The maximum atomic E-state index is 12.0. The number of halogens is 5. The largest absolute Gasteiger partial charge is 0.465 e. The van der Waals surface area contributed by atoms with Gasteiger partial charge in [-0.2, -0.15) is 0 Å². The molecule has 1 aromatic carbocycles. The van der Waals surface area contributed by atoms with Crippen molar-refractivity contribution >= 4 is 69.9 Å². The van der Waals surface area contributed by atoms with Gasteiger partial charge in [0, 0.05) is 12.8 Å². The summed E-state index contributed by atoms with van der Waals surface area (Å²) < 4.78 is 10.4. The van der Waals surface area contributed by atoms with Crippen LogP contribution in [0.25, 0.3) is 0 Å². The predicted molar refractivity (Wildman–Crippen MR) is 115 cm³/mol. The van der Waals surface area contributed by atoms with E-state index in [4.69, 9.17) is 67.5 Å². The van der Waals surface area contributed by atoms with E-state index in [0.717, 1.165) is 25.7 Å². The predicted octanol–water partition coefficient (Wildman–Crippen LogP) is 7.79. The van der Waals surface area contributed by atoms with Crippen LogP contribution >= 0.6 is 58.0 Å². The SMILES string of the molecule is CCCCC(CC)COC(=O)CCCC(=O)Oc1c(Cl)c(Cl)c(Cl)c(Cl)c1Cl. The molecule has 0 aliphatic rings. The molecule has 0 saturated heterocycles. The molecular weight excluding hydrogens is 469 g/mol. The molecule has 0 amide bonds. The molecule has 1 unspecified atom stereocenters. The zero-order valence-corrected chi connectivity index (χ0v) is 19.5. The first kappa shape index (κ1) is 25.6. The van der Waals surface area contributed by atoms with Gasteiger partial charge in [0.1, 0.15) is 10.0 Å². The maximum Gasteiger partial charge on any atom is 0.311 e. The van der Waals surface area contributed by atoms with E-state index in [2.05, 4.69) is 13.8 Å². The van der Waals surface area contributed by atoms with Crippen molar-refractivity contribution < 1.29 is 19.1 Å². The van der Waals surface area contributed by atoms with Crippen molar-refractivity contribution in [1.82, 2.24) is 0 Å². The Bertz CT molecular complexity index is 664. The second kappa shape index (κ2) is 13.0. The summed E-state index contributed by atoms with van der Waals surface area (Å²) in [6.07, 6.45) is 4.60. The fourth-order valence-corrected chi connectivity index (χ4v) is 3.60. The van der Waals surface area contributed by atoms with Crippen LogP contribution in [0.3, 0.4) is 0 Å². The van der Waals surface area contributed by atoms with Crippen molar-refractivity contribution in [3.8, 4) is 5.75 Å². The second-order valence-electron chi connectivity index (χ2n) is 6.33. The average molecular weight is 493 g/mol. The summed E-state index contributed by atoms with van der Waals surface area (Å²) in [6.45, 7) is 4.62. The topological polar surface area (TPSA) is 52.6 Å². The Morgan fingerprint density at radius 3 is 1.89 bits per heavy atom. The Kier molecular flexibility index (Phi) is 11.9. The molecule has 9 heteroatoms. The van der Waals surface area contributed by atoms with Crippen molar-refractivity contribution in [2.45, 2.75) is 58.8 Å². The molecule has 1 atom stereocenters. The highest BCUT2D eigenvalue weighted by Gasteiger charge is 2.22. The third-order valence-electron chi connectivity index (χ3n) is 4.17. The van der Waals surface area contributed by atoms with Gasteiger partial charge in [0.15, 0.2) is 5.75 Å². The van der Waals surface area contributed by atoms with Gasteiger partial charge in [-0.1, -0.05) is 91.1 Å². The van der Waals surface area contributed by atoms with Gasteiger partial charge in [-0.25, -0.2) is 0 Å². The molecule has 158 valence electrons. The number of ether oxygens (including phenoxy) is 2. The fraction of sp³-hybridized carbons (Fsp3) is 0.579. The number of rotatable bonds is 11. The quantitative estimate of drug-likeness (QED) is 0.137. The summed E-state index contributed by atoms with van der Waals surface area (Å²) in [4.78, 5) is 23.9. The third kappa shape index (κ3) is 7.79. The standard InChI is InChI=1S/C19H23Cl5O4/c1-3-5-7-11(4-2)10-27-12(25)8-6-9-13(26)28-19-17(23)15(21)14(20)16(22)18(19)24/h11H,3-10H2,1-2H3. The number of benzene rings is 1. The van der Waals surface area contributed by atoms with Crippen LogP contribution in [0.4, 0.5) is 0 Å². The minimum Gasteiger partial charge on any atom is -0.465 e. The molecular formula is C19H23Cl5O4. The lowest BCUT2D eigenvalue weighted by molar-refractivity contribution is -0.145. The summed E-state index contributed by atoms with van der Waals surface area (Å²) in [5.41, 5.74) is 0. The zero-order valence-electron chi connectivity index (χ0n) is 15.8. The van der Waals surface area contributed by atoms with Crippen molar-refractivity contribution in [3.63, 3.8) is 0 Å². The zero-order chi connectivity index (χ0) is 21.3. The average Bonchev–Trinajstić information content (AvgIpc) is 2.68. The van der Waals surface area contributed by atoms with Crippen molar-refractivity contribution in [1.29, 1.82) is 0 Å². The summed E-state index contributed by atoms with van der Waals surface area (Å²) in [7, 11) is 0. The Hall–Kier alpha value is -0.390. The van der Waals surface area contributed by atoms with E-state index in [1.165, 1.54) is 0 Å². The maximum absolute atomic E-state index is 12.0. The van der Waals surface area contributed by atoms with Crippen LogP contribution in [0.15, 0.2) is 0 Å². The molecule has 0 aliphatic heterocycles. The molecule has 0 spiro atoms. The van der Waals surface area contributed by atoms with Crippen LogP contribution in [0.5, 0.6) is 5.75 Å². The molecule has 0 radical (unpaired) electrons. The van der Waals surface area contributed by atoms with E-state index in [9.17, 15) is 9.59 Å². The van der Waals surface area contributed by atoms with Crippen molar-refractivity contribution in [2.75, 3.05) is 6.61 Å². The van der Waals surface area contributed by atoms with Gasteiger partial charge in [0.05, 0.1) is 21.7 Å². The fourth-order valence-electron chi connectivity index (χ4n) is 2.40. The first-order valence-corrected chi connectivity index (χ1v) is 11.0. The lowest BCUT2D eigenvalue weighted by Crippen LogP contribution is -2.15. The number of unbranched alkanes of at least 4 members (excludes halogenated alkanes) is 1. The molecule has 0 fully saturated rings. The van der Waals surface area contributed by atoms with Gasteiger partial charge in [-0.05, 0) is 18.8 Å².